The minimum Gasteiger partial charge on any atom is -0.496 e. The topological polar surface area (TPSA) is 22.1 Å². The number of thiazole rings is 1. The molecule has 2 aromatic rings. The van der Waals surface area contributed by atoms with E-state index in [1.165, 1.54) is 23.4 Å². The molecule has 0 radical (unpaired) electrons. The number of para-hydroxylation sites is 1. The summed E-state index contributed by atoms with van der Waals surface area (Å²) in [4.78, 5) is 6.12. The molecule has 94 valence electrons. The maximum absolute atomic E-state index is 5.41. The molecule has 3 rings (SSSR count). The fourth-order valence-corrected chi connectivity index (χ4v) is 3.48. The number of thiol groups is 1. The van der Waals surface area contributed by atoms with Crippen LogP contribution in [0.15, 0.2) is 24.3 Å². The molecule has 0 N–H and O–H groups in total. The highest BCUT2D eigenvalue weighted by Gasteiger charge is 2.29. The van der Waals surface area contributed by atoms with Crippen LogP contribution >= 0.6 is 24.0 Å². The Bertz CT molecular complexity index is 561. The average molecular weight is 277 g/mol. The zero-order valence-electron chi connectivity index (χ0n) is 10.2. The lowest BCUT2D eigenvalue weighted by Crippen LogP contribution is -1.88. The molecular formula is C14H15NOS2. The predicted molar refractivity (Wildman–Crippen MR) is 78.8 cm³/mol. The summed E-state index contributed by atoms with van der Waals surface area (Å²) in [7, 11) is 1.70. The van der Waals surface area contributed by atoms with Crippen LogP contribution < -0.4 is 4.74 Å². The molecule has 0 unspecified atom stereocenters. The van der Waals surface area contributed by atoms with E-state index in [9.17, 15) is 0 Å². The van der Waals surface area contributed by atoms with Crippen LogP contribution in [0.2, 0.25) is 0 Å². The van der Waals surface area contributed by atoms with Gasteiger partial charge in [0.2, 0.25) is 0 Å². The van der Waals surface area contributed by atoms with Gasteiger partial charge < -0.3 is 4.74 Å². The summed E-state index contributed by atoms with van der Waals surface area (Å²) in [6.07, 6.45) is 2.55. The van der Waals surface area contributed by atoms with Crippen molar-refractivity contribution in [1.82, 2.24) is 4.98 Å². The summed E-state index contributed by atoms with van der Waals surface area (Å²) in [6, 6.07) is 8.05. The van der Waals surface area contributed by atoms with Gasteiger partial charge in [0.05, 0.1) is 18.4 Å². The highest BCUT2D eigenvalue weighted by molar-refractivity contribution is 7.79. The lowest BCUT2D eigenvalue weighted by molar-refractivity contribution is 0.416. The van der Waals surface area contributed by atoms with Crippen LogP contribution in [0.4, 0.5) is 0 Å². The van der Waals surface area contributed by atoms with Gasteiger partial charge in [-0.05, 0) is 25.0 Å². The Kier molecular flexibility index (Phi) is 3.31. The third-order valence-electron chi connectivity index (χ3n) is 3.17. The third kappa shape index (κ3) is 2.15. The largest absolute Gasteiger partial charge is 0.496 e. The van der Waals surface area contributed by atoms with Crippen molar-refractivity contribution < 1.29 is 4.74 Å². The van der Waals surface area contributed by atoms with Gasteiger partial charge in [-0.25, -0.2) is 4.98 Å². The van der Waals surface area contributed by atoms with Crippen molar-refractivity contribution in [2.75, 3.05) is 7.11 Å². The first-order chi connectivity index (χ1) is 8.83. The molecule has 1 saturated carbocycles. The van der Waals surface area contributed by atoms with E-state index in [-0.39, 0.29) is 0 Å². The monoisotopic (exact) mass is 277 g/mol. The molecule has 0 saturated heterocycles. The standard InChI is InChI=1S/C14H15NOS2/c1-16-11-5-3-2-4-10(11)14-15-13(9-6-7-9)12(8-17)18-14/h2-5,9,17H,6-8H2,1H3. The summed E-state index contributed by atoms with van der Waals surface area (Å²) < 4.78 is 5.41. The average Bonchev–Trinajstić information content (AvgIpc) is 3.18. The van der Waals surface area contributed by atoms with Gasteiger partial charge in [0, 0.05) is 16.5 Å². The van der Waals surface area contributed by atoms with Crippen LogP contribution in [0.5, 0.6) is 5.75 Å². The first kappa shape index (κ1) is 12.1. The minimum absolute atomic E-state index is 0.673. The molecule has 0 atom stereocenters. The van der Waals surface area contributed by atoms with Crippen molar-refractivity contribution in [3.05, 3.63) is 34.8 Å². The predicted octanol–water partition coefficient (Wildman–Crippen LogP) is 4.13. The lowest BCUT2D eigenvalue weighted by atomic mass is 10.2. The molecule has 18 heavy (non-hydrogen) atoms. The SMILES string of the molecule is COc1ccccc1-c1nc(C2CC2)c(CS)s1. The molecule has 1 fully saturated rings. The molecule has 1 aromatic heterocycles. The van der Waals surface area contributed by atoms with E-state index in [1.54, 1.807) is 18.4 Å². The molecule has 0 aliphatic heterocycles. The van der Waals surface area contributed by atoms with Gasteiger partial charge in [-0.15, -0.1) is 11.3 Å². The zero-order chi connectivity index (χ0) is 12.5. The number of methoxy groups -OCH3 is 1. The number of benzene rings is 1. The van der Waals surface area contributed by atoms with Crippen LogP contribution in [-0.4, -0.2) is 12.1 Å². The first-order valence-electron chi connectivity index (χ1n) is 6.07. The van der Waals surface area contributed by atoms with Gasteiger partial charge in [-0.1, -0.05) is 12.1 Å². The Morgan fingerprint density at radius 1 is 1.39 bits per heavy atom. The van der Waals surface area contributed by atoms with Crippen LogP contribution in [0.1, 0.15) is 29.3 Å². The van der Waals surface area contributed by atoms with Crippen molar-refractivity contribution in [3.8, 4) is 16.3 Å². The molecule has 2 nitrogen and oxygen atoms in total. The lowest BCUT2D eigenvalue weighted by Gasteiger charge is -2.04. The maximum atomic E-state index is 5.41. The van der Waals surface area contributed by atoms with E-state index < -0.39 is 0 Å². The number of hydrogen-bond donors (Lipinski definition) is 1. The van der Waals surface area contributed by atoms with E-state index in [2.05, 4.69) is 18.7 Å². The third-order valence-corrected chi connectivity index (χ3v) is 4.81. The summed E-state index contributed by atoms with van der Waals surface area (Å²) in [5, 5.41) is 1.05. The Morgan fingerprint density at radius 3 is 2.83 bits per heavy atom. The summed E-state index contributed by atoms with van der Waals surface area (Å²) in [5.41, 5.74) is 2.34. The number of nitrogens with zero attached hydrogens (tertiary/aromatic N) is 1. The molecule has 4 heteroatoms. The molecular weight excluding hydrogens is 262 g/mol. The van der Waals surface area contributed by atoms with Crippen LogP contribution in [-0.2, 0) is 5.75 Å². The summed E-state index contributed by atoms with van der Waals surface area (Å²) in [6.45, 7) is 0. The van der Waals surface area contributed by atoms with Gasteiger partial charge in [0.1, 0.15) is 10.8 Å². The Labute approximate surface area is 116 Å². The van der Waals surface area contributed by atoms with Crippen molar-refractivity contribution >= 4 is 24.0 Å². The van der Waals surface area contributed by atoms with Crippen LogP contribution in [0, 0.1) is 0 Å². The smallest absolute Gasteiger partial charge is 0.129 e. The van der Waals surface area contributed by atoms with Crippen molar-refractivity contribution in [2.24, 2.45) is 0 Å². The highest BCUT2D eigenvalue weighted by Crippen LogP contribution is 2.45. The molecule has 1 aliphatic rings. The van der Waals surface area contributed by atoms with E-state index in [1.807, 2.05) is 18.2 Å². The zero-order valence-corrected chi connectivity index (χ0v) is 11.9. The summed E-state index contributed by atoms with van der Waals surface area (Å²) >= 11 is 6.16. The number of rotatable bonds is 4. The van der Waals surface area contributed by atoms with Gasteiger partial charge in [-0.2, -0.15) is 12.6 Å². The molecule has 1 aliphatic carbocycles. The van der Waals surface area contributed by atoms with E-state index in [0.717, 1.165) is 22.1 Å². The second-order valence-electron chi connectivity index (χ2n) is 4.46. The molecule has 0 amide bonds. The Hall–Kier alpha value is -1.000. The van der Waals surface area contributed by atoms with E-state index in [0.29, 0.717) is 5.92 Å². The minimum atomic E-state index is 0.673. The first-order valence-corrected chi connectivity index (χ1v) is 7.52. The van der Waals surface area contributed by atoms with Crippen molar-refractivity contribution in [3.63, 3.8) is 0 Å². The molecule has 0 spiro atoms. The summed E-state index contributed by atoms with van der Waals surface area (Å²) in [5.74, 6) is 2.34. The second-order valence-corrected chi connectivity index (χ2v) is 5.86. The number of ether oxygens (including phenoxy) is 1. The number of hydrogen-bond acceptors (Lipinski definition) is 4. The molecule has 0 bridgehead atoms. The Balaban J connectivity index is 2.05. The number of aromatic nitrogens is 1. The van der Waals surface area contributed by atoms with Gasteiger partial charge in [0.15, 0.2) is 0 Å². The Morgan fingerprint density at radius 2 is 2.17 bits per heavy atom. The van der Waals surface area contributed by atoms with Gasteiger partial charge in [-0.3, -0.25) is 0 Å². The molecule has 1 heterocycles. The normalized spacial score (nSPS) is 14.8. The van der Waals surface area contributed by atoms with Crippen molar-refractivity contribution in [1.29, 1.82) is 0 Å². The van der Waals surface area contributed by atoms with E-state index >= 15 is 0 Å². The van der Waals surface area contributed by atoms with Crippen LogP contribution in [0.25, 0.3) is 10.6 Å². The molecule has 1 aromatic carbocycles. The second kappa shape index (κ2) is 4.94. The van der Waals surface area contributed by atoms with Crippen molar-refractivity contribution in [2.45, 2.75) is 24.5 Å². The maximum Gasteiger partial charge on any atom is 0.129 e. The van der Waals surface area contributed by atoms with Gasteiger partial charge >= 0.3 is 0 Å². The fourth-order valence-electron chi connectivity index (χ4n) is 2.09. The quantitative estimate of drug-likeness (QED) is 0.849. The fraction of sp³-hybridized carbons (Fsp3) is 0.357. The van der Waals surface area contributed by atoms with E-state index in [4.69, 9.17) is 9.72 Å². The van der Waals surface area contributed by atoms with Crippen LogP contribution in [0.3, 0.4) is 0 Å². The van der Waals surface area contributed by atoms with Gasteiger partial charge in [0.25, 0.3) is 0 Å². The highest BCUT2D eigenvalue weighted by atomic mass is 32.1.